The third kappa shape index (κ3) is 4.56. The third-order valence-corrected chi connectivity index (χ3v) is 4.91. The van der Waals surface area contributed by atoms with Crippen molar-refractivity contribution in [3.05, 3.63) is 46.7 Å². The first-order chi connectivity index (χ1) is 13.4. The number of benzene rings is 1. The molecule has 7 nitrogen and oxygen atoms in total. The molecule has 1 aromatic carbocycles. The van der Waals surface area contributed by atoms with E-state index in [1.165, 1.54) is 12.1 Å². The number of primary amides is 1. The summed E-state index contributed by atoms with van der Waals surface area (Å²) < 4.78 is 19.2. The van der Waals surface area contributed by atoms with Crippen LogP contribution in [0.3, 0.4) is 0 Å². The zero-order chi connectivity index (χ0) is 20.3. The van der Waals surface area contributed by atoms with Crippen LogP contribution >= 0.6 is 0 Å². The fraction of sp³-hybridized carbons (Fsp3) is 0.450. The van der Waals surface area contributed by atoms with Crippen molar-refractivity contribution in [3.63, 3.8) is 0 Å². The van der Waals surface area contributed by atoms with E-state index in [9.17, 15) is 9.18 Å². The molecule has 0 bridgehead atoms. The number of aryl methyl sites for hydroxylation is 1. The van der Waals surface area contributed by atoms with Crippen molar-refractivity contribution in [2.24, 2.45) is 5.73 Å². The number of nitrogens with zero attached hydrogens (tertiary/aromatic N) is 3. The molecule has 1 aliphatic rings. The minimum Gasteiger partial charge on any atom is -0.494 e. The SMILES string of the molecule is CCOc1cc(F)cc(CN[C@@H]2CCN(c3nc(C(N)=O)nc(C)c3C)C2)c1. The van der Waals surface area contributed by atoms with Crippen LogP contribution in [0.2, 0.25) is 0 Å². The number of ether oxygens (including phenoxy) is 1. The van der Waals surface area contributed by atoms with Crippen LogP contribution in [0.1, 0.15) is 40.8 Å². The predicted molar refractivity (Wildman–Crippen MR) is 105 cm³/mol. The summed E-state index contributed by atoms with van der Waals surface area (Å²) >= 11 is 0. The van der Waals surface area contributed by atoms with Crippen molar-refractivity contribution in [2.45, 2.75) is 39.8 Å². The van der Waals surface area contributed by atoms with Crippen LogP contribution in [-0.4, -0.2) is 41.6 Å². The molecule has 1 aromatic heterocycles. The van der Waals surface area contributed by atoms with Gasteiger partial charge in [-0.05, 0) is 44.9 Å². The molecule has 28 heavy (non-hydrogen) atoms. The van der Waals surface area contributed by atoms with Gasteiger partial charge in [0.1, 0.15) is 17.4 Å². The van der Waals surface area contributed by atoms with Crippen molar-refractivity contribution in [3.8, 4) is 5.75 Å². The second-order valence-electron chi connectivity index (χ2n) is 6.99. The first kappa shape index (κ1) is 20.0. The molecule has 0 spiro atoms. The van der Waals surface area contributed by atoms with E-state index in [0.717, 1.165) is 42.1 Å². The number of halogens is 1. The second kappa shape index (κ2) is 8.52. The highest BCUT2D eigenvalue weighted by molar-refractivity contribution is 5.89. The first-order valence-corrected chi connectivity index (χ1v) is 9.43. The van der Waals surface area contributed by atoms with Gasteiger partial charge in [-0.25, -0.2) is 14.4 Å². The van der Waals surface area contributed by atoms with Crippen LogP contribution in [0.25, 0.3) is 0 Å². The fourth-order valence-electron chi connectivity index (χ4n) is 3.39. The zero-order valence-corrected chi connectivity index (χ0v) is 16.5. The lowest BCUT2D eigenvalue weighted by molar-refractivity contribution is 0.0990. The average Bonchev–Trinajstić information content (AvgIpc) is 3.10. The average molecular weight is 387 g/mol. The summed E-state index contributed by atoms with van der Waals surface area (Å²) in [5.74, 6) is 0.391. The molecule has 150 valence electrons. The van der Waals surface area contributed by atoms with Crippen LogP contribution in [0.15, 0.2) is 18.2 Å². The molecule has 0 radical (unpaired) electrons. The fourth-order valence-corrected chi connectivity index (χ4v) is 3.39. The molecule has 2 aromatic rings. The Morgan fingerprint density at radius 3 is 2.86 bits per heavy atom. The Hall–Kier alpha value is -2.74. The first-order valence-electron chi connectivity index (χ1n) is 9.43. The van der Waals surface area contributed by atoms with E-state index in [1.807, 2.05) is 26.8 Å². The third-order valence-electron chi connectivity index (χ3n) is 4.91. The molecule has 2 heterocycles. The van der Waals surface area contributed by atoms with Crippen LogP contribution < -0.4 is 20.7 Å². The maximum atomic E-state index is 13.8. The number of aromatic nitrogens is 2. The molecule has 3 N–H and O–H groups in total. The Kier molecular flexibility index (Phi) is 6.08. The highest BCUT2D eigenvalue weighted by Crippen LogP contribution is 2.24. The highest BCUT2D eigenvalue weighted by Gasteiger charge is 2.26. The van der Waals surface area contributed by atoms with Gasteiger partial charge >= 0.3 is 0 Å². The molecule has 1 fully saturated rings. The maximum absolute atomic E-state index is 13.8. The summed E-state index contributed by atoms with van der Waals surface area (Å²) in [6.07, 6.45) is 0.919. The van der Waals surface area contributed by atoms with E-state index in [4.69, 9.17) is 10.5 Å². The number of hydrogen-bond donors (Lipinski definition) is 2. The van der Waals surface area contributed by atoms with Crippen molar-refractivity contribution in [2.75, 3.05) is 24.6 Å². The van der Waals surface area contributed by atoms with E-state index >= 15 is 0 Å². The van der Waals surface area contributed by atoms with E-state index in [-0.39, 0.29) is 17.7 Å². The van der Waals surface area contributed by atoms with Gasteiger partial charge < -0.3 is 20.7 Å². The van der Waals surface area contributed by atoms with Gasteiger partial charge in [-0.15, -0.1) is 0 Å². The summed E-state index contributed by atoms with van der Waals surface area (Å²) in [6, 6.07) is 4.98. The molecule has 0 saturated carbocycles. The highest BCUT2D eigenvalue weighted by atomic mass is 19.1. The van der Waals surface area contributed by atoms with Gasteiger partial charge in [-0.1, -0.05) is 0 Å². The molecule has 0 unspecified atom stereocenters. The summed E-state index contributed by atoms with van der Waals surface area (Å²) in [5, 5.41) is 3.47. The Morgan fingerprint density at radius 2 is 2.14 bits per heavy atom. The molecular weight excluding hydrogens is 361 g/mol. The number of nitrogens with two attached hydrogens (primary N) is 1. The Balaban J connectivity index is 1.66. The molecule has 1 saturated heterocycles. The monoisotopic (exact) mass is 387 g/mol. The van der Waals surface area contributed by atoms with Gasteiger partial charge in [0.25, 0.3) is 5.91 Å². The van der Waals surface area contributed by atoms with Gasteiger partial charge in [-0.3, -0.25) is 4.79 Å². The van der Waals surface area contributed by atoms with Crippen LogP contribution in [0.4, 0.5) is 10.2 Å². The molecular formula is C20H26FN5O2. The lowest BCUT2D eigenvalue weighted by atomic mass is 10.2. The van der Waals surface area contributed by atoms with E-state index in [0.29, 0.717) is 18.9 Å². The van der Waals surface area contributed by atoms with Crippen LogP contribution in [-0.2, 0) is 6.54 Å². The quantitative estimate of drug-likeness (QED) is 0.756. The number of amides is 1. The number of anilines is 1. The Labute approximate surface area is 164 Å². The van der Waals surface area contributed by atoms with Gasteiger partial charge in [0, 0.05) is 43.0 Å². The smallest absolute Gasteiger partial charge is 0.286 e. The Bertz CT molecular complexity index is 874. The largest absolute Gasteiger partial charge is 0.494 e. The molecule has 1 atom stereocenters. The molecule has 0 aliphatic carbocycles. The minimum absolute atomic E-state index is 0.0396. The summed E-state index contributed by atoms with van der Waals surface area (Å²) in [5.41, 5.74) is 7.88. The number of nitrogens with one attached hydrogen (secondary N) is 1. The van der Waals surface area contributed by atoms with Crippen molar-refractivity contribution in [1.29, 1.82) is 0 Å². The van der Waals surface area contributed by atoms with E-state index in [2.05, 4.69) is 20.2 Å². The lowest BCUT2D eigenvalue weighted by Gasteiger charge is -2.21. The zero-order valence-electron chi connectivity index (χ0n) is 16.5. The van der Waals surface area contributed by atoms with Crippen molar-refractivity contribution in [1.82, 2.24) is 15.3 Å². The van der Waals surface area contributed by atoms with Crippen LogP contribution in [0, 0.1) is 19.7 Å². The lowest BCUT2D eigenvalue weighted by Crippen LogP contribution is -2.33. The summed E-state index contributed by atoms with van der Waals surface area (Å²) in [4.78, 5) is 22.1. The Morgan fingerprint density at radius 1 is 1.36 bits per heavy atom. The van der Waals surface area contributed by atoms with Gasteiger partial charge in [0.2, 0.25) is 5.82 Å². The number of carbonyl (C=O) groups excluding carboxylic acids is 1. The number of hydrogen-bond acceptors (Lipinski definition) is 6. The number of rotatable bonds is 7. The van der Waals surface area contributed by atoms with Gasteiger partial charge in [0.05, 0.1) is 6.61 Å². The summed E-state index contributed by atoms with van der Waals surface area (Å²) in [7, 11) is 0. The van der Waals surface area contributed by atoms with E-state index < -0.39 is 5.91 Å². The van der Waals surface area contributed by atoms with Crippen molar-refractivity contribution < 1.29 is 13.9 Å². The van der Waals surface area contributed by atoms with Gasteiger partial charge in [-0.2, -0.15) is 0 Å². The van der Waals surface area contributed by atoms with Gasteiger partial charge in [0.15, 0.2) is 0 Å². The number of carbonyl (C=O) groups is 1. The summed E-state index contributed by atoms with van der Waals surface area (Å²) in [6.45, 7) is 8.25. The normalized spacial score (nSPS) is 16.4. The molecule has 3 rings (SSSR count). The molecule has 1 amide bonds. The maximum Gasteiger partial charge on any atom is 0.286 e. The standard InChI is InChI=1S/C20H26FN5O2/c1-4-28-17-8-14(7-15(21)9-17)10-23-16-5-6-26(11-16)20-12(2)13(3)24-19(25-20)18(22)27/h7-9,16,23H,4-6,10-11H2,1-3H3,(H2,22,27)/t16-/m1/s1. The predicted octanol–water partition coefficient (Wildman–Crippen LogP) is 2.10. The van der Waals surface area contributed by atoms with Crippen LogP contribution in [0.5, 0.6) is 5.75 Å². The van der Waals surface area contributed by atoms with Crippen molar-refractivity contribution >= 4 is 11.7 Å². The topological polar surface area (TPSA) is 93.4 Å². The minimum atomic E-state index is -0.630. The molecule has 8 heteroatoms. The molecule has 1 aliphatic heterocycles. The second-order valence-corrected chi connectivity index (χ2v) is 6.99. The van der Waals surface area contributed by atoms with E-state index in [1.54, 1.807) is 0 Å².